The molecule has 1 amide bonds. The number of aromatic nitrogens is 5. The molecular formula is C25H25FN6O4. The van der Waals surface area contributed by atoms with E-state index in [-0.39, 0.29) is 46.0 Å². The van der Waals surface area contributed by atoms with Crippen LogP contribution in [0.15, 0.2) is 44.4 Å². The molecule has 3 heterocycles. The highest BCUT2D eigenvalue weighted by atomic mass is 19.1. The Labute approximate surface area is 204 Å². The van der Waals surface area contributed by atoms with E-state index in [4.69, 9.17) is 4.52 Å². The topological polar surface area (TPSA) is 136 Å². The second-order valence-corrected chi connectivity index (χ2v) is 9.49. The van der Waals surface area contributed by atoms with E-state index in [1.807, 2.05) is 13.8 Å². The van der Waals surface area contributed by atoms with Crippen molar-refractivity contribution in [3.8, 4) is 11.4 Å². The summed E-state index contributed by atoms with van der Waals surface area (Å²) in [6.07, 6.45) is 1.86. The molecule has 0 aliphatic heterocycles. The Balaban J connectivity index is 1.51. The molecule has 0 spiro atoms. The van der Waals surface area contributed by atoms with E-state index in [1.165, 1.54) is 28.8 Å². The van der Waals surface area contributed by atoms with Gasteiger partial charge in [-0.3, -0.25) is 19.1 Å². The third-order valence-corrected chi connectivity index (χ3v) is 6.02. The Kier molecular flexibility index (Phi) is 5.99. The fourth-order valence-electron chi connectivity index (χ4n) is 4.06. The number of hydrogen-bond donors (Lipinski definition) is 2. The predicted molar refractivity (Wildman–Crippen MR) is 129 cm³/mol. The number of nitrogens with one attached hydrogen (secondary N) is 2. The van der Waals surface area contributed by atoms with Crippen LogP contribution in [-0.2, 0) is 6.54 Å². The average Bonchev–Trinajstić information content (AvgIpc) is 3.57. The number of carbonyl (C=O) groups excluding carboxylic acids is 1. The number of nitrogens with zero attached hydrogens (tertiary/aromatic N) is 4. The minimum absolute atomic E-state index is 0.0573. The lowest BCUT2D eigenvalue weighted by atomic mass is 10.1. The second-order valence-electron chi connectivity index (χ2n) is 9.49. The van der Waals surface area contributed by atoms with Crippen molar-refractivity contribution in [2.24, 2.45) is 5.92 Å². The number of halogens is 1. The summed E-state index contributed by atoms with van der Waals surface area (Å²) in [5, 5.41) is 6.77. The van der Waals surface area contributed by atoms with Crippen molar-refractivity contribution in [3.63, 3.8) is 0 Å². The molecule has 2 N–H and O–H groups in total. The summed E-state index contributed by atoms with van der Waals surface area (Å²) in [6.45, 7) is 5.92. The van der Waals surface area contributed by atoms with Crippen molar-refractivity contribution in [1.82, 2.24) is 30.0 Å². The molecule has 5 rings (SSSR count). The lowest BCUT2D eigenvalue weighted by Gasteiger charge is -2.15. The van der Waals surface area contributed by atoms with Crippen molar-refractivity contribution in [1.29, 1.82) is 0 Å². The van der Waals surface area contributed by atoms with Crippen LogP contribution < -0.4 is 16.6 Å². The number of hydrogen-bond acceptors (Lipinski definition) is 7. The van der Waals surface area contributed by atoms with Gasteiger partial charge < -0.3 is 9.84 Å². The van der Waals surface area contributed by atoms with Gasteiger partial charge in [-0.05, 0) is 56.0 Å². The number of pyridine rings is 1. The van der Waals surface area contributed by atoms with Gasteiger partial charge >= 0.3 is 5.69 Å². The lowest BCUT2D eigenvalue weighted by molar-refractivity contribution is 0.0934. The van der Waals surface area contributed by atoms with Crippen LogP contribution in [0.2, 0.25) is 0 Å². The first kappa shape index (κ1) is 23.6. The Hall–Kier alpha value is -4.15. The molecule has 3 aromatic heterocycles. The molecule has 10 nitrogen and oxygen atoms in total. The number of aromatic amines is 1. The van der Waals surface area contributed by atoms with E-state index < -0.39 is 23.2 Å². The van der Waals surface area contributed by atoms with Crippen LogP contribution in [0.3, 0.4) is 0 Å². The van der Waals surface area contributed by atoms with Gasteiger partial charge in [-0.2, -0.15) is 4.98 Å². The molecule has 186 valence electrons. The molecule has 11 heteroatoms. The Morgan fingerprint density at radius 3 is 2.58 bits per heavy atom. The number of carbonyl (C=O) groups is 1. The van der Waals surface area contributed by atoms with Crippen LogP contribution in [0.25, 0.3) is 22.4 Å². The first-order valence-corrected chi connectivity index (χ1v) is 11.8. The van der Waals surface area contributed by atoms with Gasteiger partial charge in [0.05, 0.1) is 10.9 Å². The standard InChI is InChI=1S/C25H25FN6O4/c1-12(2)11-32-21-19(23(34)30-25(32)35)17(10-18(28-21)14-4-5-14)22(33)27-13(3)24-29-20(31-36-24)15-6-8-16(26)9-7-15/h6-10,12-14H,4-5,11H2,1-3H3,(H,27,33)(H,30,34,35). The fraction of sp³-hybridized carbons (Fsp3) is 0.360. The van der Waals surface area contributed by atoms with Crippen molar-refractivity contribution in [3.05, 3.63) is 74.1 Å². The van der Waals surface area contributed by atoms with Crippen LogP contribution in [0.5, 0.6) is 0 Å². The summed E-state index contributed by atoms with van der Waals surface area (Å²) in [5.41, 5.74) is 0.356. The zero-order valence-corrected chi connectivity index (χ0v) is 20.0. The summed E-state index contributed by atoms with van der Waals surface area (Å²) < 4.78 is 19.9. The van der Waals surface area contributed by atoms with E-state index in [1.54, 1.807) is 13.0 Å². The molecule has 1 aliphatic carbocycles. The Morgan fingerprint density at radius 1 is 1.19 bits per heavy atom. The molecule has 0 saturated heterocycles. The second kappa shape index (κ2) is 9.14. The quantitative estimate of drug-likeness (QED) is 0.404. The molecule has 1 aliphatic rings. The number of fused-ring (bicyclic) bond motifs is 1. The van der Waals surface area contributed by atoms with Gasteiger partial charge in [0.2, 0.25) is 11.7 Å². The Bertz CT molecular complexity index is 1570. The molecular weight excluding hydrogens is 467 g/mol. The summed E-state index contributed by atoms with van der Waals surface area (Å²) in [4.78, 5) is 50.1. The maximum Gasteiger partial charge on any atom is 0.330 e. The molecule has 1 unspecified atom stereocenters. The van der Waals surface area contributed by atoms with Gasteiger partial charge in [0, 0.05) is 23.7 Å². The monoisotopic (exact) mass is 492 g/mol. The van der Waals surface area contributed by atoms with Crippen LogP contribution in [0.1, 0.15) is 67.5 Å². The first-order chi connectivity index (χ1) is 17.2. The summed E-state index contributed by atoms with van der Waals surface area (Å²) in [5.74, 6) is -0.201. The first-order valence-electron chi connectivity index (χ1n) is 11.8. The molecule has 1 atom stereocenters. The number of rotatable bonds is 7. The van der Waals surface area contributed by atoms with Gasteiger partial charge in [-0.25, -0.2) is 14.2 Å². The van der Waals surface area contributed by atoms with Crippen molar-refractivity contribution >= 4 is 16.9 Å². The van der Waals surface area contributed by atoms with Crippen molar-refractivity contribution in [2.75, 3.05) is 0 Å². The van der Waals surface area contributed by atoms with Crippen LogP contribution in [0, 0.1) is 11.7 Å². The third kappa shape index (κ3) is 4.56. The minimum Gasteiger partial charge on any atom is -0.340 e. The highest BCUT2D eigenvalue weighted by Crippen LogP contribution is 2.40. The SMILES string of the molecule is CC(C)Cn1c(=O)[nH]c(=O)c2c(C(=O)NC(C)c3nc(-c4ccc(F)cc4)no3)cc(C3CC3)nc21. The van der Waals surface area contributed by atoms with Crippen LogP contribution in [0.4, 0.5) is 4.39 Å². The smallest absolute Gasteiger partial charge is 0.330 e. The maximum atomic E-state index is 13.4. The van der Waals surface area contributed by atoms with Gasteiger partial charge in [-0.1, -0.05) is 19.0 Å². The third-order valence-electron chi connectivity index (χ3n) is 6.02. The van der Waals surface area contributed by atoms with Gasteiger partial charge in [-0.15, -0.1) is 0 Å². The molecule has 1 fully saturated rings. The van der Waals surface area contributed by atoms with E-state index >= 15 is 0 Å². The van der Waals surface area contributed by atoms with Crippen molar-refractivity contribution in [2.45, 2.75) is 52.1 Å². The highest BCUT2D eigenvalue weighted by molar-refractivity contribution is 6.05. The largest absolute Gasteiger partial charge is 0.340 e. The lowest BCUT2D eigenvalue weighted by Crippen LogP contribution is -2.34. The van der Waals surface area contributed by atoms with E-state index in [0.717, 1.165) is 12.8 Å². The molecule has 36 heavy (non-hydrogen) atoms. The molecule has 4 aromatic rings. The van der Waals surface area contributed by atoms with Gasteiger partial charge in [0.1, 0.15) is 11.9 Å². The summed E-state index contributed by atoms with van der Waals surface area (Å²) in [6, 6.07) is 6.57. The molecule has 1 saturated carbocycles. The maximum absolute atomic E-state index is 13.4. The van der Waals surface area contributed by atoms with E-state index in [0.29, 0.717) is 17.8 Å². The number of H-pyrrole nitrogens is 1. The summed E-state index contributed by atoms with van der Waals surface area (Å²) >= 11 is 0. The zero-order valence-electron chi connectivity index (χ0n) is 20.0. The molecule has 0 radical (unpaired) electrons. The van der Waals surface area contributed by atoms with Gasteiger partial charge in [0.25, 0.3) is 11.5 Å². The van der Waals surface area contributed by atoms with E-state index in [2.05, 4.69) is 25.4 Å². The highest BCUT2D eigenvalue weighted by Gasteiger charge is 2.29. The Morgan fingerprint density at radius 2 is 1.92 bits per heavy atom. The number of amides is 1. The van der Waals surface area contributed by atoms with Crippen LogP contribution >= 0.6 is 0 Å². The minimum atomic E-state index is -0.688. The fourth-order valence-corrected chi connectivity index (χ4v) is 4.06. The van der Waals surface area contributed by atoms with Crippen LogP contribution in [-0.4, -0.2) is 30.6 Å². The van der Waals surface area contributed by atoms with E-state index in [9.17, 15) is 18.8 Å². The number of benzene rings is 1. The van der Waals surface area contributed by atoms with Gasteiger partial charge in [0.15, 0.2) is 5.65 Å². The molecule has 0 bridgehead atoms. The molecule has 1 aromatic carbocycles. The summed E-state index contributed by atoms with van der Waals surface area (Å²) in [7, 11) is 0. The van der Waals surface area contributed by atoms with Crippen molar-refractivity contribution < 1.29 is 13.7 Å². The average molecular weight is 493 g/mol. The normalized spacial score (nSPS) is 14.4. The predicted octanol–water partition coefficient (Wildman–Crippen LogP) is 3.30. The zero-order chi connectivity index (χ0) is 25.6.